The van der Waals surface area contributed by atoms with Gasteiger partial charge in [-0.25, -0.2) is 9.67 Å². The monoisotopic (exact) mass is 578 g/mol. The number of alkyl halides is 3. The number of nitriles is 1. The van der Waals surface area contributed by atoms with Crippen molar-refractivity contribution in [2.75, 3.05) is 11.9 Å². The Hall–Kier alpha value is -4.55. The van der Waals surface area contributed by atoms with Crippen LogP contribution in [0.15, 0.2) is 36.5 Å². The predicted molar refractivity (Wildman–Crippen MR) is 130 cm³/mol. The summed E-state index contributed by atoms with van der Waals surface area (Å²) in [5.74, 6) is -2.80. The molecule has 4 rings (SSSR count). The molecule has 2 amide bonds. The summed E-state index contributed by atoms with van der Waals surface area (Å²) in [5, 5.41) is 28.1. The molecule has 0 bridgehead atoms. The van der Waals surface area contributed by atoms with Gasteiger partial charge >= 0.3 is 6.18 Å². The number of pyridine rings is 1. The van der Waals surface area contributed by atoms with E-state index in [4.69, 9.17) is 28.5 Å². The molecule has 3 heterocycles. The summed E-state index contributed by atoms with van der Waals surface area (Å²) in [7, 11) is 0. The standard InChI is InChI=1S/C22H15Cl2F3N10O2/c1-11-7-12(23)8-14(19(38)30-6-4-28)17(11)31-20(39)16-9-13(10-36-34-21(32-35-36)22(25,26)27)33-37(16)18-15(24)3-2-5-29-18/h2-3,5,7-9H,6,10H2,1H3,(H,30,38)(H,31,39). The number of carbonyl (C=O) groups is 2. The summed E-state index contributed by atoms with van der Waals surface area (Å²) in [6.07, 6.45) is -3.39. The molecule has 1 aromatic carbocycles. The van der Waals surface area contributed by atoms with E-state index in [9.17, 15) is 22.8 Å². The van der Waals surface area contributed by atoms with Crippen LogP contribution in [0.2, 0.25) is 10.0 Å². The van der Waals surface area contributed by atoms with E-state index in [2.05, 4.69) is 36.1 Å². The fourth-order valence-electron chi connectivity index (χ4n) is 3.41. The van der Waals surface area contributed by atoms with Crippen molar-refractivity contribution in [2.45, 2.75) is 19.6 Å². The molecule has 0 atom stereocenters. The van der Waals surface area contributed by atoms with Gasteiger partial charge in [-0.15, -0.1) is 10.2 Å². The van der Waals surface area contributed by atoms with Gasteiger partial charge in [-0.3, -0.25) is 9.59 Å². The number of hydrogen-bond acceptors (Lipinski definition) is 8. The number of nitrogens with one attached hydrogen (secondary N) is 2. The molecule has 0 aliphatic rings. The zero-order valence-electron chi connectivity index (χ0n) is 19.7. The summed E-state index contributed by atoms with van der Waals surface area (Å²) in [6, 6.07) is 8.96. The quantitative estimate of drug-likeness (QED) is 0.316. The van der Waals surface area contributed by atoms with Crippen molar-refractivity contribution in [3.63, 3.8) is 0 Å². The number of aryl methyl sites for hydroxylation is 1. The average Bonchev–Trinajstić information content (AvgIpc) is 3.52. The number of anilines is 1. The van der Waals surface area contributed by atoms with Crippen LogP contribution >= 0.6 is 23.2 Å². The highest BCUT2D eigenvalue weighted by Crippen LogP contribution is 2.28. The molecule has 3 aromatic heterocycles. The Morgan fingerprint density at radius 1 is 1.15 bits per heavy atom. The smallest absolute Gasteiger partial charge is 0.339 e. The molecule has 2 N–H and O–H groups in total. The molecule has 17 heteroatoms. The van der Waals surface area contributed by atoms with Crippen LogP contribution in [-0.2, 0) is 12.7 Å². The fraction of sp³-hybridized carbons (Fsp3) is 0.182. The second-order valence-corrected chi connectivity index (χ2v) is 8.67. The first-order valence-corrected chi connectivity index (χ1v) is 11.5. The number of rotatable bonds is 7. The lowest BCUT2D eigenvalue weighted by Gasteiger charge is -2.15. The van der Waals surface area contributed by atoms with E-state index in [1.807, 2.05) is 0 Å². The summed E-state index contributed by atoms with van der Waals surface area (Å²) >= 11 is 12.4. The molecule has 4 aromatic rings. The maximum absolute atomic E-state index is 13.5. The van der Waals surface area contributed by atoms with Crippen molar-refractivity contribution < 1.29 is 22.8 Å². The van der Waals surface area contributed by atoms with Crippen LogP contribution in [0.1, 0.15) is 37.9 Å². The second-order valence-electron chi connectivity index (χ2n) is 7.82. The summed E-state index contributed by atoms with van der Waals surface area (Å²) in [5.41, 5.74) is 0.491. The lowest BCUT2D eigenvalue weighted by atomic mass is 10.1. The third-order valence-electron chi connectivity index (χ3n) is 5.05. The van der Waals surface area contributed by atoms with Gasteiger partial charge < -0.3 is 10.6 Å². The highest BCUT2D eigenvalue weighted by atomic mass is 35.5. The summed E-state index contributed by atoms with van der Waals surface area (Å²) in [6.45, 7) is 0.955. The number of tetrazole rings is 1. The van der Waals surface area contributed by atoms with Crippen molar-refractivity contribution in [3.05, 3.63) is 74.9 Å². The Morgan fingerprint density at radius 2 is 1.92 bits per heavy atom. The number of hydrogen-bond donors (Lipinski definition) is 2. The zero-order chi connectivity index (χ0) is 28.3. The maximum atomic E-state index is 13.5. The van der Waals surface area contributed by atoms with Gasteiger partial charge in [0.2, 0.25) is 0 Å². The Labute approximate surface area is 227 Å². The Morgan fingerprint density at radius 3 is 2.59 bits per heavy atom. The highest BCUT2D eigenvalue weighted by Gasteiger charge is 2.37. The lowest BCUT2D eigenvalue weighted by molar-refractivity contribution is -0.145. The van der Waals surface area contributed by atoms with E-state index >= 15 is 0 Å². The minimum atomic E-state index is -4.79. The number of aromatic nitrogens is 7. The van der Waals surface area contributed by atoms with Gasteiger partial charge in [0.25, 0.3) is 17.6 Å². The molecular weight excluding hydrogens is 564 g/mol. The van der Waals surface area contributed by atoms with E-state index in [-0.39, 0.29) is 51.6 Å². The first kappa shape index (κ1) is 27.5. The van der Waals surface area contributed by atoms with E-state index in [0.717, 1.165) is 4.68 Å². The molecule has 0 aliphatic carbocycles. The van der Waals surface area contributed by atoms with Gasteiger partial charge in [0.15, 0.2) is 5.82 Å². The molecule has 39 heavy (non-hydrogen) atoms. The average molecular weight is 579 g/mol. The van der Waals surface area contributed by atoms with Gasteiger partial charge in [-0.1, -0.05) is 23.2 Å². The van der Waals surface area contributed by atoms with E-state index in [0.29, 0.717) is 10.4 Å². The van der Waals surface area contributed by atoms with Crippen LogP contribution in [-0.4, -0.2) is 53.3 Å². The molecule has 0 aliphatic heterocycles. The summed E-state index contributed by atoms with van der Waals surface area (Å²) in [4.78, 5) is 30.9. The molecule has 12 nitrogen and oxygen atoms in total. The van der Waals surface area contributed by atoms with Crippen LogP contribution in [0.5, 0.6) is 0 Å². The molecule has 0 fully saturated rings. The maximum Gasteiger partial charge on any atom is 0.455 e. The molecule has 0 saturated carbocycles. The van der Waals surface area contributed by atoms with Gasteiger partial charge in [0.05, 0.1) is 28.0 Å². The van der Waals surface area contributed by atoms with Crippen LogP contribution in [0.4, 0.5) is 18.9 Å². The topological polar surface area (TPSA) is 156 Å². The van der Waals surface area contributed by atoms with Crippen molar-refractivity contribution in [1.82, 2.24) is 40.3 Å². The third-order valence-corrected chi connectivity index (χ3v) is 5.57. The lowest BCUT2D eigenvalue weighted by Crippen LogP contribution is -2.26. The number of amides is 2. The van der Waals surface area contributed by atoms with Crippen molar-refractivity contribution in [1.29, 1.82) is 5.26 Å². The van der Waals surface area contributed by atoms with Gasteiger partial charge in [-0.2, -0.15) is 28.3 Å². The van der Waals surface area contributed by atoms with Crippen molar-refractivity contribution >= 4 is 40.7 Å². The number of carbonyl (C=O) groups excluding carboxylic acids is 2. The molecule has 0 saturated heterocycles. The second kappa shape index (κ2) is 11.1. The van der Waals surface area contributed by atoms with Crippen LogP contribution in [0.25, 0.3) is 5.82 Å². The molecule has 0 spiro atoms. The Balaban J connectivity index is 1.73. The van der Waals surface area contributed by atoms with E-state index in [1.54, 1.807) is 19.1 Å². The largest absolute Gasteiger partial charge is 0.455 e. The number of benzene rings is 1. The van der Waals surface area contributed by atoms with Crippen LogP contribution < -0.4 is 10.6 Å². The fourth-order valence-corrected chi connectivity index (χ4v) is 3.89. The number of halogens is 5. The van der Waals surface area contributed by atoms with Crippen molar-refractivity contribution in [3.8, 4) is 11.9 Å². The normalized spacial score (nSPS) is 11.2. The van der Waals surface area contributed by atoms with Gasteiger partial charge in [0, 0.05) is 11.2 Å². The van der Waals surface area contributed by atoms with Crippen LogP contribution in [0, 0.1) is 18.3 Å². The van der Waals surface area contributed by atoms with Crippen LogP contribution in [0.3, 0.4) is 0 Å². The third kappa shape index (κ3) is 6.13. The van der Waals surface area contributed by atoms with E-state index < -0.39 is 23.8 Å². The minimum absolute atomic E-state index is 0.00254. The highest BCUT2D eigenvalue weighted by molar-refractivity contribution is 6.32. The van der Waals surface area contributed by atoms with E-state index in [1.165, 1.54) is 30.5 Å². The zero-order valence-corrected chi connectivity index (χ0v) is 21.2. The first-order valence-electron chi connectivity index (χ1n) is 10.8. The van der Waals surface area contributed by atoms with Crippen molar-refractivity contribution in [2.24, 2.45) is 0 Å². The Bertz CT molecular complexity index is 1610. The number of nitrogens with zero attached hydrogens (tertiary/aromatic N) is 8. The predicted octanol–water partition coefficient (Wildman–Crippen LogP) is 3.44. The minimum Gasteiger partial charge on any atom is -0.339 e. The summed E-state index contributed by atoms with van der Waals surface area (Å²) < 4.78 is 39.7. The SMILES string of the molecule is Cc1cc(Cl)cc(C(=O)NCC#N)c1NC(=O)c1cc(Cn2nnc(C(F)(F)F)n2)nn1-c1ncccc1Cl. The molecule has 200 valence electrons. The first-order chi connectivity index (χ1) is 18.5. The molecule has 0 radical (unpaired) electrons. The van der Waals surface area contributed by atoms with Gasteiger partial charge in [0.1, 0.15) is 18.8 Å². The molecule has 0 unspecified atom stereocenters. The Kier molecular flexibility index (Phi) is 7.79. The molecular formula is C22H15Cl2F3N10O2. The van der Waals surface area contributed by atoms with Gasteiger partial charge in [-0.05, 0) is 48.0 Å².